The minimum Gasteiger partial charge on any atom is -0.383 e. The Labute approximate surface area is 98.2 Å². The van der Waals surface area contributed by atoms with Crippen LogP contribution < -0.4 is 5.32 Å². The molecule has 0 fully saturated rings. The van der Waals surface area contributed by atoms with Crippen LogP contribution in [0.4, 0.5) is 0 Å². The Balaban J connectivity index is 2.22. The molecule has 0 aliphatic rings. The molecule has 1 aromatic rings. The van der Waals surface area contributed by atoms with Gasteiger partial charge in [-0.1, -0.05) is 13.3 Å². The lowest BCUT2D eigenvalue weighted by atomic mass is 10.1. The molecule has 0 aliphatic heterocycles. The Morgan fingerprint density at radius 2 is 2.12 bits per heavy atom. The van der Waals surface area contributed by atoms with Crippen molar-refractivity contribution in [3.63, 3.8) is 0 Å². The van der Waals surface area contributed by atoms with Crippen LogP contribution in [0.25, 0.3) is 0 Å². The summed E-state index contributed by atoms with van der Waals surface area (Å²) < 4.78 is 5.19. The van der Waals surface area contributed by atoms with Crippen LogP contribution in [0.1, 0.15) is 25.3 Å². The predicted molar refractivity (Wildman–Crippen MR) is 66.5 cm³/mol. The lowest BCUT2D eigenvalue weighted by Gasteiger charge is -2.16. The maximum Gasteiger partial charge on any atom is 0.0615 e. The van der Waals surface area contributed by atoms with Gasteiger partial charge in [0.1, 0.15) is 0 Å². The number of nitrogens with one attached hydrogen (secondary N) is 1. The summed E-state index contributed by atoms with van der Waals surface area (Å²) in [5.74, 6) is 0. The molecule has 0 amide bonds. The van der Waals surface area contributed by atoms with Crippen LogP contribution >= 0.6 is 0 Å². The highest BCUT2D eigenvalue weighted by molar-refractivity contribution is 5.09. The lowest BCUT2D eigenvalue weighted by Crippen LogP contribution is -2.34. The van der Waals surface area contributed by atoms with Gasteiger partial charge in [-0.15, -0.1) is 0 Å². The van der Waals surface area contributed by atoms with E-state index in [1.807, 2.05) is 12.4 Å². The number of hydrogen-bond acceptors (Lipinski definition) is 3. The Hall–Kier alpha value is -0.930. The first-order valence-electron chi connectivity index (χ1n) is 5.98. The molecule has 0 bridgehead atoms. The number of pyridine rings is 1. The van der Waals surface area contributed by atoms with Crippen molar-refractivity contribution in [2.45, 2.75) is 32.2 Å². The fraction of sp³-hybridized carbons (Fsp3) is 0.615. The van der Waals surface area contributed by atoms with Gasteiger partial charge < -0.3 is 10.1 Å². The van der Waals surface area contributed by atoms with Crippen molar-refractivity contribution in [2.24, 2.45) is 0 Å². The maximum atomic E-state index is 5.19. The van der Waals surface area contributed by atoms with Gasteiger partial charge in [-0.3, -0.25) is 4.98 Å². The van der Waals surface area contributed by atoms with Gasteiger partial charge in [0, 0.05) is 25.5 Å². The first-order valence-corrected chi connectivity index (χ1v) is 5.98. The first kappa shape index (κ1) is 13.1. The van der Waals surface area contributed by atoms with Crippen molar-refractivity contribution in [3.05, 3.63) is 30.1 Å². The molecule has 1 unspecified atom stereocenters. The van der Waals surface area contributed by atoms with E-state index in [0.29, 0.717) is 6.04 Å². The van der Waals surface area contributed by atoms with Gasteiger partial charge in [-0.25, -0.2) is 0 Å². The Kier molecular flexibility index (Phi) is 6.77. The van der Waals surface area contributed by atoms with E-state index in [-0.39, 0.29) is 0 Å². The highest BCUT2D eigenvalue weighted by atomic mass is 16.5. The van der Waals surface area contributed by atoms with Crippen molar-refractivity contribution >= 4 is 0 Å². The van der Waals surface area contributed by atoms with Crippen LogP contribution in [-0.2, 0) is 11.2 Å². The first-order chi connectivity index (χ1) is 7.86. The molecular formula is C13H22N2O. The van der Waals surface area contributed by atoms with Crippen molar-refractivity contribution in [1.82, 2.24) is 10.3 Å². The van der Waals surface area contributed by atoms with Crippen molar-refractivity contribution in [1.29, 1.82) is 0 Å². The molecule has 1 rings (SSSR count). The highest BCUT2D eigenvalue weighted by Crippen LogP contribution is 1.99. The number of methoxy groups -OCH3 is 1. The standard InChI is InChI=1S/C13H22N2O/c1-3-4-13(11-16-2)15-10-7-12-5-8-14-9-6-12/h5-6,8-9,13,15H,3-4,7,10-11H2,1-2H3. The van der Waals surface area contributed by atoms with E-state index in [9.17, 15) is 0 Å². The van der Waals surface area contributed by atoms with Gasteiger partial charge in [0.25, 0.3) is 0 Å². The number of hydrogen-bond donors (Lipinski definition) is 1. The summed E-state index contributed by atoms with van der Waals surface area (Å²) >= 11 is 0. The van der Waals surface area contributed by atoms with Crippen LogP contribution in [0.3, 0.4) is 0 Å². The van der Waals surface area contributed by atoms with Crippen molar-refractivity contribution < 1.29 is 4.74 Å². The fourth-order valence-electron chi connectivity index (χ4n) is 1.76. The largest absolute Gasteiger partial charge is 0.383 e. The maximum absolute atomic E-state index is 5.19. The lowest BCUT2D eigenvalue weighted by molar-refractivity contribution is 0.162. The number of rotatable bonds is 8. The Bertz CT molecular complexity index is 258. The minimum atomic E-state index is 0.483. The number of aromatic nitrogens is 1. The molecule has 0 radical (unpaired) electrons. The van der Waals surface area contributed by atoms with Gasteiger partial charge in [-0.2, -0.15) is 0 Å². The zero-order valence-electron chi connectivity index (χ0n) is 10.3. The molecule has 3 heteroatoms. The molecule has 1 aromatic heterocycles. The molecule has 0 saturated heterocycles. The van der Waals surface area contributed by atoms with Crippen molar-refractivity contribution in [2.75, 3.05) is 20.3 Å². The average Bonchev–Trinajstić information content (AvgIpc) is 2.31. The van der Waals surface area contributed by atoms with E-state index in [1.165, 1.54) is 18.4 Å². The fourth-order valence-corrected chi connectivity index (χ4v) is 1.76. The molecule has 0 aromatic carbocycles. The summed E-state index contributed by atoms with van der Waals surface area (Å²) in [6.07, 6.45) is 7.09. The number of nitrogens with zero attached hydrogens (tertiary/aromatic N) is 1. The third kappa shape index (κ3) is 5.24. The van der Waals surface area contributed by atoms with Gasteiger partial charge in [-0.05, 0) is 37.1 Å². The summed E-state index contributed by atoms with van der Waals surface area (Å²) in [5, 5.41) is 3.52. The minimum absolute atomic E-state index is 0.483. The molecule has 0 spiro atoms. The zero-order chi connectivity index (χ0) is 11.6. The Morgan fingerprint density at radius 3 is 2.75 bits per heavy atom. The quantitative estimate of drug-likeness (QED) is 0.731. The van der Waals surface area contributed by atoms with Gasteiger partial charge in [0.15, 0.2) is 0 Å². The summed E-state index contributed by atoms with van der Waals surface area (Å²) in [6, 6.07) is 4.61. The van der Waals surface area contributed by atoms with Crippen LogP contribution in [0.2, 0.25) is 0 Å². The second-order valence-corrected chi connectivity index (χ2v) is 4.00. The zero-order valence-corrected chi connectivity index (χ0v) is 10.3. The summed E-state index contributed by atoms with van der Waals surface area (Å²) in [6.45, 7) is 4.00. The predicted octanol–water partition coefficient (Wildman–Crippen LogP) is 2.03. The molecule has 1 N–H and O–H groups in total. The molecule has 90 valence electrons. The smallest absolute Gasteiger partial charge is 0.0615 e. The van der Waals surface area contributed by atoms with E-state index in [4.69, 9.17) is 4.74 Å². The molecule has 0 saturated carbocycles. The molecule has 1 heterocycles. The second-order valence-electron chi connectivity index (χ2n) is 4.00. The van der Waals surface area contributed by atoms with E-state index in [0.717, 1.165) is 19.6 Å². The third-order valence-corrected chi connectivity index (χ3v) is 2.60. The SMILES string of the molecule is CCCC(COC)NCCc1ccncc1. The molecule has 0 aliphatic carbocycles. The van der Waals surface area contributed by atoms with E-state index >= 15 is 0 Å². The number of ether oxygens (including phenoxy) is 1. The van der Waals surface area contributed by atoms with E-state index in [2.05, 4.69) is 29.4 Å². The second kappa shape index (κ2) is 8.25. The normalized spacial score (nSPS) is 12.6. The molecule has 1 atom stereocenters. The van der Waals surface area contributed by atoms with E-state index in [1.54, 1.807) is 7.11 Å². The third-order valence-electron chi connectivity index (χ3n) is 2.60. The van der Waals surface area contributed by atoms with Crippen LogP contribution in [0.5, 0.6) is 0 Å². The Morgan fingerprint density at radius 1 is 1.38 bits per heavy atom. The van der Waals surface area contributed by atoms with Crippen LogP contribution in [0, 0.1) is 0 Å². The van der Waals surface area contributed by atoms with Crippen molar-refractivity contribution in [3.8, 4) is 0 Å². The molecule has 3 nitrogen and oxygen atoms in total. The topological polar surface area (TPSA) is 34.1 Å². The van der Waals surface area contributed by atoms with E-state index < -0.39 is 0 Å². The monoisotopic (exact) mass is 222 g/mol. The van der Waals surface area contributed by atoms with Crippen LogP contribution in [0.15, 0.2) is 24.5 Å². The van der Waals surface area contributed by atoms with Gasteiger partial charge in [0.05, 0.1) is 6.61 Å². The summed E-state index contributed by atoms with van der Waals surface area (Å²) in [5.41, 5.74) is 1.33. The molecular weight excluding hydrogens is 200 g/mol. The van der Waals surface area contributed by atoms with Gasteiger partial charge in [0.2, 0.25) is 0 Å². The summed E-state index contributed by atoms with van der Waals surface area (Å²) in [4.78, 5) is 4.01. The molecule has 16 heavy (non-hydrogen) atoms. The highest BCUT2D eigenvalue weighted by Gasteiger charge is 2.05. The average molecular weight is 222 g/mol. The van der Waals surface area contributed by atoms with Crippen LogP contribution in [-0.4, -0.2) is 31.3 Å². The van der Waals surface area contributed by atoms with Gasteiger partial charge >= 0.3 is 0 Å². The summed E-state index contributed by atoms with van der Waals surface area (Å²) in [7, 11) is 1.76.